The summed E-state index contributed by atoms with van der Waals surface area (Å²) < 4.78 is 0. The van der Waals surface area contributed by atoms with E-state index < -0.39 is 0 Å². The van der Waals surface area contributed by atoms with Crippen molar-refractivity contribution in [2.45, 2.75) is 11.2 Å². The molecule has 0 radical (unpaired) electrons. The van der Waals surface area contributed by atoms with E-state index in [4.69, 9.17) is 11.6 Å². The van der Waals surface area contributed by atoms with E-state index in [1.54, 1.807) is 0 Å². The van der Waals surface area contributed by atoms with Crippen LogP contribution in [0.25, 0.3) is 16.3 Å². The van der Waals surface area contributed by atoms with Gasteiger partial charge in [-0.3, -0.25) is 0 Å². The van der Waals surface area contributed by atoms with E-state index in [0.29, 0.717) is 0 Å². The molecule has 0 fully saturated rings. The minimum atomic E-state index is 0.212. The van der Waals surface area contributed by atoms with Gasteiger partial charge in [-0.15, -0.1) is 0 Å². The van der Waals surface area contributed by atoms with Crippen LogP contribution in [0.4, 0.5) is 0 Å². The number of benzene rings is 3. The average molecular weight is 370 g/mol. The van der Waals surface area contributed by atoms with Crippen LogP contribution >= 0.6 is 27.5 Å². The second-order valence-corrected chi connectivity index (χ2v) is 7.00. The number of rotatable bonds is 1. The third kappa shape index (κ3) is 2.29. The predicted octanol–water partition coefficient (Wildman–Crippen LogP) is 6.57. The molecule has 1 aliphatic carbocycles. The molecule has 0 amide bonds. The van der Waals surface area contributed by atoms with Gasteiger partial charge < -0.3 is 0 Å². The molecule has 3 aromatic rings. The van der Waals surface area contributed by atoms with Crippen molar-refractivity contribution in [1.29, 1.82) is 0 Å². The van der Waals surface area contributed by atoms with Gasteiger partial charge in [-0.05, 0) is 45.5 Å². The first-order valence-electron chi connectivity index (χ1n) is 7.34. The first-order chi connectivity index (χ1) is 10.7. The van der Waals surface area contributed by atoms with Crippen LogP contribution in [0, 0.1) is 0 Å². The molecule has 0 bridgehead atoms. The lowest BCUT2D eigenvalue weighted by Crippen LogP contribution is -2.05. The molecule has 4 rings (SSSR count). The Hall–Kier alpha value is -1.57. The third-order valence-electron chi connectivity index (χ3n) is 4.30. The maximum atomic E-state index is 6.43. The summed E-state index contributed by atoms with van der Waals surface area (Å²) in [6, 6.07) is 21.2. The lowest BCUT2D eigenvalue weighted by atomic mass is 9.86. The number of hydrogen-bond acceptors (Lipinski definition) is 0. The van der Waals surface area contributed by atoms with E-state index in [1.807, 2.05) is 12.1 Å². The molecule has 22 heavy (non-hydrogen) atoms. The molecule has 0 heterocycles. The summed E-state index contributed by atoms with van der Waals surface area (Å²) >= 11 is 10.2. The summed E-state index contributed by atoms with van der Waals surface area (Å²) in [5.41, 5.74) is 5.14. The monoisotopic (exact) mass is 368 g/mol. The molecule has 0 spiro atoms. The minimum absolute atomic E-state index is 0.212. The lowest BCUT2D eigenvalue weighted by Gasteiger charge is -2.23. The van der Waals surface area contributed by atoms with Crippen molar-refractivity contribution < 1.29 is 0 Å². The Morgan fingerprint density at radius 3 is 2.59 bits per heavy atom. The van der Waals surface area contributed by atoms with Crippen molar-refractivity contribution >= 4 is 43.9 Å². The standard InChI is InChI=1S/C20H14BrCl/c21-19-12-14(11-18-17(19)9-4-10-20(18)22)16-8-3-6-13-5-1-2-7-15(13)16/h1-10,12,19H,11H2. The fourth-order valence-corrected chi connectivity index (χ4v) is 4.22. The zero-order valence-electron chi connectivity index (χ0n) is 11.9. The largest absolute Gasteiger partial charge is 0.0840 e. The fraction of sp³-hybridized carbons (Fsp3) is 0.100. The van der Waals surface area contributed by atoms with E-state index in [2.05, 4.69) is 70.5 Å². The van der Waals surface area contributed by atoms with Crippen LogP contribution in [0.2, 0.25) is 5.02 Å². The molecule has 0 aromatic heterocycles. The smallest absolute Gasteiger partial charge is 0.0584 e. The van der Waals surface area contributed by atoms with E-state index in [9.17, 15) is 0 Å². The summed E-state index contributed by atoms with van der Waals surface area (Å²) in [5, 5.41) is 3.43. The lowest BCUT2D eigenvalue weighted by molar-refractivity contribution is 1.10. The van der Waals surface area contributed by atoms with Crippen LogP contribution in [-0.4, -0.2) is 0 Å². The van der Waals surface area contributed by atoms with Gasteiger partial charge in [0, 0.05) is 5.02 Å². The van der Waals surface area contributed by atoms with Gasteiger partial charge in [0.25, 0.3) is 0 Å². The summed E-state index contributed by atoms with van der Waals surface area (Å²) in [6.45, 7) is 0. The molecule has 0 N–H and O–H groups in total. The molecule has 2 heteroatoms. The van der Waals surface area contributed by atoms with Gasteiger partial charge >= 0.3 is 0 Å². The summed E-state index contributed by atoms with van der Waals surface area (Å²) in [5.74, 6) is 0. The van der Waals surface area contributed by atoms with E-state index >= 15 is 0 Å². The summed E-state index contributed by atoms with van der Waals surface area (Å²) in [7, 11) is 0. The zero-order valence-corrected chi connectivity index (χ0v) is 14.2. The predicted molar refractivity (Wildman–Crippen MR) is 98.7 cm³/mol. The summed E-state index contributed by atoms with van der Waals surface area (Å²) in [4.78, 5) is 0.212. The van der Waals surface area contributed by atoms with Crippen molar-refractivity contribution in [2.24, 2.45) is 0 Å². The highest BCUT2D eigenvalue weighted by Gasteiger charge is 2.21. The van der Waals surface area contributed by atoms with E-state index in [1.165, 1.54) is 33.0 Å². The number of allylic oxidation sites excluding steroid dienone is 2. The van der Waals surface area contributed by atoms with Gasteiger partial charge in [-0.1, -0.05) is 88.2 Å². The van der Waals surface area contributed by atoms with Crippen molar-refractivity contribution in [2.75, 3.05) is 0 Å². The van der Waals surface area contributed by atoms with Crippen LogP contribution in [0.5, 0.6) is 0 Å². The minimum Gasteiger partial charge on any atom is -0.0840 e. The highest BCUT2D eigenvalue weighted by molar-refractivity contribution is 9.09. The Balaban J connectivity index is 1.89. The third-order valence-corrected chi connectivity index (χ3v) is 5.41. The first-order valence-corrected chi connectivity index (χ1v) is 8.63. The maximum Gasteiger partial charge on any atom is 0.0584 e. The highest BCUT2D eigenvalue weighted by atomic mass is 79.9. The van der Waals surface area contributed by atoms with E-state index in [-0.39, 0.29) is 4.83 Å². The topological polar surface area (TPSA) is 0 Å². The molecule has 1 aliphatic rings. The Morgan fingerprint density at radius 1 is 0.909 bits per heavy atom. The molecule has 3 aromatic carbocycles. The number of halogens is 2. The Bertz CT molecular complexity index is 890. The van der Waals surface area contributed by atoms with Crippen molar-refractivity contribution in [3.63, 3.8) is 0 Å². The van der Waals surface area contributed by atoms with Gasteiger partial charge in [0.1, 0.15) is 0 Å². The van der Waals surface area contributed by atoms with Crippen LogP contribution < -0.4 is 0 Å². The molecule has 0 saturated heterocycles. The Labute approximate surface area is 143 Å². The van der Waals surface area contributed by atoms with Gasteiger partial charge in [0.2, 0.25) is 0 Å². The van der Waals surface area contributed by atoms with Gasteiger partial charge in [-0.25, -0.2) is 0 Å². The highest BCUT2D eigenvalue weighted by Crippen LogP contribution is 2.41. The second kappa shape index (κ2) is 5.57. The molecule has 0 saturated carbocycles. The second-order valence-electron chi connectivity index (χ2n) is 5.60. The molecule has 108 valence electrons. The average Bonchev–Trinajstić information content (AvgIpc) is 2.55. The van der Waals surface area contributed by atoms with Crippen molar-refractivity contribution in [3.05, 3.63) is 88.5 Å². The van der Waals surface area contributed by atoms with Gasteiger partial charge in [0.15, 0.2) is 0 Å². The maximum absolute atomic E-state index is 6.43. The van der Waals surface area contributed by atoms with Gasteiger partial charge in [-0.2, -0.15) is 0 Å². The van der Waals surface area contributed by atoms with Gasteiger partial charge in [0.05, 0.1) is 4.83 Å². The fourth-order valence-electron chi connectivity index (χ4n) is 3.23. The molecule has 1 unspecified atom stereocenters. The Morgan fingerprint density at radius 2 is 1.68 bits per heavy atom. The quantitative estimate of drug-likeness (QED) is 0.426. The Kier molecular flexibility index (Phi) is 3.56. The van der Waals surface area contributed by atoms with Crippen molar-refractivity contribution in [3.8, 4) is 0 Å². The number of fused-ring (bicyclic) bond motifs is 2. The van der Waals surface area contributed by atoms with Crippen LogP contribution in [0.15, 0.2) is 66.7 Å². The number of alkyl halides is 1. The zero-order chi connectivity index (χ0) is 15.1. The molecule has 0 nitrogen and oxygen atoms in total. The van der Waals surface area contributed by atoms with Crippen LogP contribution in [0.1, 0.15) is 21.5 Å². The first kappa shape index (κ1) is 14.0. The van der Waals surface area contributed by atoms with Crippen LogP contribution in [-0.2, 0) is 6.42 Å². The SMILES string of the molecule is Clc1cccc2c1CC(c1cccc3ccccc13)=CC2Br. The molecular weight excluding hydrogens is 356 g/mol. The van der Waals surface area contributed by atoms with E-state index in [0.717, 1.165) is 11.4 Å². The van der Waals surface area contributed by atoms with Crippen molar-refractivity contribution in [1.82, 2.24) is 0 Å². The summed E-state index contributed by atoms with van der Waals surface area (Å²) in [6.07, 6.45) is 3.19. The normalized spacial score (nSPS) is 17.2. The molecular formula is C20H14BrCl. The van der Waals surface area contributed by atoms with Crippen LogP contribution in [0.3, 0.4) is 0 Å². The molecule has 0 aliphatic heterocycles. The number of hydrogen-bond donors (Lipinski definition) is 0. The molecule has 1 atom stereocenters.